The van der Waals surface area contributed by atoms with Gasteiger partial charge in [0.25, 0.3) is 0 Å². The Morgan fingerprint density at radius 1 is 1.65 bits per heavy atom. The van der Waals surface area contributed by atoms with E-state index in [0.717, 1.165) is 6.54 Å². The van der Waals surface area contributed by atoms with E-state index in [-0.39, 0.29) is 30.3 Å². The van der Waals surface area contributed by atoms with E-state index in [9.17, 15) is 9.90 Å². The molecule has 0 saturated carbocycles. The number of carbonyl (C=O) groups is 1. The number of hydrogen-bond donors (Lipinski definition) is 1. The van der Waals surface area contributed by atoms with E-state index in [1.165, 1.54) is 7.11 Å². The smallest absolute Gasteiger partial charge is 0.307 e. The number of methoxy groups -OCH3 is 1. The van der Waals surface area contributed by atoms with Crippen molar-refractivity contribution >= 4 is 5.97 Å². The highest BCUT2D eigenvalue weighted by atomic mass is 16.5. The van der Waals surface area contributed by atoms with Crippen molar-refractivity contribution in [3.8, 4) is 0 Å². The van der Waals surface area contributed by atoms with E-state index in [1.807, 2.05) is 20.8 Å². The zero-order chi connectivity index (χ0) is 13.1. The summed E-state index contributed by atoms with van der Waals surface area (Å²) in [6.45, 7) is 7.39. The Balaban J connectivity index is 2.59. The van der Waals surface area contributed by atoms with Crippen molar-refractivity contribution in [2.24, 2.45) is 0 Å². The average Bonchev–Trinajstić information content (AvgIpc) is 2.26. The maximum atomic E-state index is 11.2. The van der Waals surface area contributed by atoms with Crippen LogP contribution in [0.15, 0.2) is 0 Å². The first-order valence-electron chi connectivity index (χ1n) is 5.97. The summed E-state index contributed by atoms with van der Waals surface area (Å²) in [4.78, 5) is 13.4. The van der Waals surface area contributed by atoms with E-state index in [2.05, 4.69) is 9.64 Å². The predicted molar refractivity (Wildman–Crippen MR) is 63.7 cm³/mol. The van der Waals surface area contributed by atoms with Gasteiger partial charge in [0, 0.05) is 19.1 Å². The van der Waals surface area contributed by atoms with Gasteiger partial charge in [-0.05, 0) is 20.8 Å². The second-order valence-corrected chi connectivity index (χ2v) is 5.24. The largest absolute Gasteiger partial charge is 0.469 e. The number of rotatable bonds is 4. The number of hydrogen-bond acceptors (Lipinski definition) is 5. The first kappa shape index (κ1) is 14.4. The van der Waals surface area contributed by atoms with Crippen LogP contribution in [0, 0.1) is 0 Å². The third-order valence-electron chi connectivity index (χ3n) is 3.02. The Hall–Kier alpha value is -0.650. The highest BCUT2D eigenvalue weighted by molar-refractivity contribution is 5.69. The number of carbonyl (C=O) groups excluding carboxylic acids is 1. The fraction of sp³-hybridized carbons (Fsp3) is 0.917. The molecule has 1 fully saturated rings. The standard InChI is InChI=1S/C12H23NO4/c1-9(5-11(15)16-4)13-6-10(7-14)17-12(2,3)8-13/h9-10,14H,5-8H2,1-4H3. The monoisotopic (exact) mass is 245 g/mol. The molecule has 0 aromatic rings. The van der Waals surface area contributed by atoms with Crippen LogP contribution in [0.5, 0.6) is 0 Å². The average molecular weight is 245 g/mol. The maximum absolute atomic E-state index is 11.2. The third-order valence-corrected chi connectivity index (χ3v) is 3.02. The number of esters is 1. The second-order valence-electron chi connectivity index (χ2n) is 5.24. The molecule has 1 N–H and O–H groups in total. The van der Waals surface area contributed by atoms with Gasteiger partial charge in [0.05, 0.1) is 31.8 Å². The molecule has 0 bridgehead atoms. The molecule has 0 aliphatic carbocycles. The fourth-order valence-corrected chi connectivity index (χ4v) is 2.23. The Kier molecular flexibility index (Phi) is 4.91. The van der Waals surface area contributed by atoms with Crippen LogP contribution in [0.2, 0.25) is 0 Å². The molecule has 1 saturated heterocycles. The van der Waals surface area contributed by atoms with E-state index in [1.54, 1.807) is 0 Å². The molecular formula is C12H23NO4. The molecule has 100 valence electrons. The summed E-state index contributed by atoms with van der Waals surface area (Å²) < 4.78 is 10.4. The number of aliphatic hydroxyl groups is 1. The molecule has 17 heavy (non-hydrogen) atoms. The molecule has 0 aromatic carbocycles. The Bertz CT molecular complexity index is 267. The molecule has 0 radical (unpaired) electrons. The van der Waals surface area contributed by atoms with Crippen LogP contribution in [-0.4, -0.2) is 60.5 Å². The topological polar surface area (TPSA) is 59.0 Å². The highest BCUT2D eigenvalue weighted by Crippen LogP contribution is 2.23. The van der Waals surface area contributed by atoms with Crippen LogP contribution in [0.1, 0.15) is 27.2 Å². The van der Waals surface area contributed by atoms with Gasteiger partial charge in [-0.25, -0.2) is 0 Å². The Morgan fingerprint density at radius 2 is 2.29 bits per heavy atom. The molecule has 2 atom stereocenters. The lowest BCUT2D eigenvalue weighted by Gasteiger charge is -2.44. The third kappa shape index (κ3) is 4.26. The van der Waals surface area contributed by atoms with Crippen molar-refractivity contribution in [1.29, 1.82) is 0 Å². The van der Waals surface area contributed by atoms with Crippen molar-refractivity contribution in [2.75, 3.05) is 26.8 Å². The molecule has 1 aliphatic heterocycles. The Labute approximate surface area is 103 Å². The van der Waals surface area contributed by atoms with Crippen LogP contribution < -0.4 is 0 Å². The molecule has 0 amide bonds. The molecule has 2 unspecified atom stereocenters. The van der Waals surface area contributed by atoms with Gasteiger partial charge in [-0.2, -0.15) is 0 Å². The molecule has 5 nitrogen and oxygen atoms in total. The van der Waals surface area contributed by atoms with E-state index in [4.69, 9.17) is 4.74 Å². The molecule has 1 heterocycles. The molecular weight excluding hydrogens is 222 g/mol. The van der Waals surface area contributed by atoms with Gasteiger partial charge < -0.3 is 14.6 Å². The van der Waals surface area contributed by atoms with E-state index >= 15 is 0 Å². The summed E-state index contributed by atoms with van der Waals surface area (Å²) in [6.07, 6.45) is 0.184. The summed E-state index contributed by atoms with van der Waals surface area (Å²) in [6, 6.07) is 0.0969. The minimum Gasteiger partial charge on any atom is -0.469 e. The van der Waals surface area contributed by atoms with E-state index in [0.29, 0.717) is 13.0 Å². The molecule has 5 heteroatoms. The fourth-order valence-electron chi connectivity index (χ4n) is 2.23. The van der Waals surface area contributed by atoms with Gasteiger partial charge in [-0.3, -0.25) is 9.69 Å². The zero-order valence-electron chi connectivity index (χ0n) is 11.1. The van der Waals surface area contributed by atoms with Crippen molar-refractivity contribution < 1.29 is 19.4 Å². The van der Waals surface area contributed by atoms with Crippen molar-refractivity contribution in [3.05, 3.63) is 0 Å². The molecule has 1 rings (SSSR count). The minimum atomic E-state index is -0.296. The number of morpholine rings is 1. The maximum Gasteiger partial charge on any atom is 0.307 e. The van der Waals surface area contributed by atoms with Crippen LogP contribution in [0.3, 0.4) is 0 Å². The quantitative estimate of drug-likeness (QED) is 0.727. The van der Waals surface area contributed by atoms with Gasteiger partial charge in [0.2, 0.25) is 0 Å². The molecule has 1 aliphatic rings. The van der Waals surface area contributed by atoms with Gasteiger partial charge in [-0.1, -0.05) is 0 Å². The second kappa shape index (κ2) is 5.80. The lowest BCUT2D eigenvalue weighted by atomic mass is 10.0. The van der Waals surface area contributed by atoms with Gasteiger partial charge >= 0.3 is 5.97 Å². The first-order valence-corrected chi connectivity index (χ1v) is 5.97. The van der Waals surface area contributed by atoms with Crippen molar-refractivity contribution in [1.82, 2.24) is 4.90 Å². The number of nitrogens with zero attached hydrogens (tertiary/aromatic N) is 1. The van der Waals surface area contributed by atoms with Gasteiger partial charge in [0.15, 0.2) is 0 Å². The van der Waals surface area contributed by atoms with Crippen LogP contribution in [-0.2, 0) is 14.3 Å². The number of aliphatic hydroxyl groups excluding tert-OH is 1. The first-order chi connectivity index (χ1) is 7.88. The van der Waals surface area contributed by atoms with Crippen molar-refractivity contribution in [3.63, 3.8) is 0 Å². The lowest BCUT2D eigenvalue weighted by molar-refractivity contribution is -0.160. The van der Waals surface area contributed by atoms with Gasteiger partial charge in [0.1, 0.15) is 0 Å². The van der Waals surface area contributed by atoms with Crippen LogP contribution >= 0.6 is 0 Å². The molecule has 0 aromatic heterocycles. The van der Waals surface area contributed by atoms with Gasteiger partial charge in [-0.15, -0.1) is 0 Å². The normalized spacial score (nSPS) is 26.5. The molecule has 0 spiro atoms. The summed E-state index contributed by atoms with van der Waals surface area (Å²) in [5.74, 6) is -0.206. The minimum absolute atomic E-state index is 0.00484. The summed E-state index contributed by atoms with van der Waals surface area (Å²) in [7, 11) is 1.40. The van der Waals surface area contributed by atoms with Crippen LogP contribution in [0.4, 0.5) is 0 Å². The van der Waals surface area contributed by atoms with E-state index < -0.39 is 0 Å². The summed E-state index contributed by atoms with van der Waals surface area (Å²) in [5, 5.41) is 9.21. The SMILES string of the molecule is COC(=O)CC(C)N1CC(CO)OC(C)(C)C1. The summed E-state index contributed by atoms with van der Waals surface area (Å²) >= 11 is 0. The Morgan fingerprint density at radius 3 is 2.82 bits per heavy atom. The lowest BCUT2D eigenvalue weighted by Crippen LogP contribution is -2.56. The summed E-state index contributed by atoms with van der Waals surface area (Å²) in [5.41, 5.74) is -0.296. The van der Waals surface area contributed by atoms with Crippen molar-refractivity contribution in [2.45, 2.75) is 44.9 Å². The van der Waals surface area contributed by atoms with Crippen LogP contribution in [0.25, 0.3) is 0 Å². The predicted octanol–water partition coefficient (Wildman–Crippen LogP) is 0.410. The number of ether oxygens (including phenoxy) is 2. The zero-order valence-corrected chi connectivity index (χ0v) is 11.1. The highest BCUT2D eigenvalue weighted by Gasteiger charge is 2.35.